The summed E-state index contributed by atoms with van der Waals surface area (Å²) >= 11 is 1.25. The second-order valence-electron chi connectivity index (χ2n) is 6.10. The van der Waals surface area contributed by atoms with Crippen LogP contribution in [0.5, 0.6) is 0 Å². The average Bonchev–Trinajstić information content (AvgIpc) is 2.48. The SMILES string of the molecule is CCCCCC(O)(CCCCC)CC(=O)Sc1ccccc1. The Hall–Kier alpha value is -0.800. The van der Waals surface area contributed by atoms with Gasteiger partial charge in [-0.25, -0.2) is 0 Å². The average molecular weight is 323 g/mol. The van der Waals surface area contributed by atoms with Gasteiger partial charge in [0.15, 0.2) is 5.12 Å². The Kier molecular flexibility index (Phi) is 9.49. The van der Waals surface area contributed by atoms with Crippen molar-refractivity contribution in [2.45, 2.75) is 82.1 Å². The number of hydrogen-bond donors (Lipinski definition) is 1. The molecule has 1 N–H and O–H groups in total. The monoisotopic (exact) mass is 322 g/mol. The first-order chi connectivity index (χ1) is 10.6. The summed E-state index contributed by atoms with van der Waals surface area (Å²) in [6.45, 7) is 4.32. The topological polar surface area (TPSA) is 37.3 Å². The fourth-order valence-corrected chi connectivity index (χ4v) is 3.53. The van der Waals surface area contributed by atoms with E-state index >= 15 is 0 Å². The number of thioether (sulfide) groups is 1. The smallest absolute Gasteiger partial charge is 0.196 e. The molecule has 0 saturated heterocycles. The molecule has 0 aliphatic rings. The molecule has 0 radical (unpaired) electrons. The zero-order valence-corrected chi connectivity index (χ0v) is 14.8. The van der Waals surface area contributed by atoms with Gasteiger partial charge in [-0.3, -0.25) is 4.79 Å². The van der Waals surface area contributed by atoms with Crippen LogP contribution in [0.2, 0.25) is 0 Å². The molecule has 22 heavy (non-hydrogen) atoms. The second kappa shape index (κ2) is 10.8. The molecule has 0 saturated carbocycles. The van der Waals surface area contributed by atoms with Crippen molar-refractivity contribution < 1.29 is 9.90 Å². The number of hydrogen-bond acceptors (Lipinski definition) is 3. The predicted octanol–water partition coefficient (Wildman–Crippen LogP) is 5.59. The van der Waals surface area contributed by atoms with Crippen LogP contribution in [-0.2, 0) is 4.79 Å². The molecule has 3 heteroatoms. The Balaban J connectivity index is 2.55. The van der Waals surface area contributed by atoms with Crippen molar-refractivity contribution in [2.24, 2.45) is 0 Å². The van der Waals surface area contributed by atoms with Gasteiger partial charge in [0.1, 0.15) is 0 Å². The molecule has 0 spiro atoms. The third kappa shape index (κ3) is 8.00. The molecule has 0 aliphatic carbocycles. The summed E-state index contributed by atoms with van der Waals surface area (Å²) < 4.78 is 0. The zero-order valence-electron chi connectivity index (χ0n) is 14.0. The minimum absolute atomic E-state index is 0.0710. The van der Waals surface area contributed by atoms with Gasteiger partial charge in [-0.15, -0.1) is 0 Å². The van der Waals surface area contributed by atoms with E-state index < -0.39 is 5.60 Å². The summed E-state index contributed by atoms with van der Waals surface area (Å²) in [7, 11) is 0. The number of rotatable bonds is 11. The van der Waals surface area contributed by atoms with Gasteiger partial charge >= 0.3 is 0 Å². The molecule has 0 fully saturated rings. The van der Waals surface area contributed by atoms with Crippen LogP contribution in [0.4, 0.5) is 0 Å². The highest BCUT2D eigenvalue weighted by molar-refractivity contribution is 8.13. The Morgan fingerprint density at radius 2 is 1.55 bits per heavy atom. The summed E-state index contributed by atoms with van der Waals surface area (Å²) in [6, 6.07) is 9.69. The summed E-state index contributed by atoms with van der Waals surface area (Å²) in [5.41, 5.74) is -0.816. The molecule has 0 unspecified atom stereocenters. The van der Waals surface area contributed by atoms with Gasteiger partial charge in [0, 0.05) is 11.3 Å². The fraction of sp³-hybridized carbons (Fsp3) is 0.632. The van der Waals surface area contributed by atoms with Crippen molar-refractivity contribution >= 4 is 16.9 Å². The molecule has 124 valence electrons. The van der Waals surface area contributed by atoms with Gasteiger partial charge in [-0.05, 0) is 25.0 Å². The number of carbonyl (C=O) groups excluding carboxylic acids is 1. The van der Waals surface area contributed by atoms with E-state index in [1.807, 2.05) is 30.3 Å². The summed E-state index contributed by atoms with van der Waals surface area (Å²) in [5, 5.41) is 10.9. The predicted molar refractivity (Wildman–Crippen MR) is 95.2 cm³/mol. The van der Waals surface area contributed by atoms with E-state index in [0.717, 1.165) is 56.3 Å². The maximum Gasteiger partial charge on any atom is 0.196 e. The molecule has 0 amide bonds. The Morgan fingerprint density at radius 1 is 1.00 bits per heavy atom. The largest absolute Gasteiger partial charge is 0.389 e. The lowest BCUT2D eigenvalue weighted by Gasteiger charge is -2.27. The van der Waals surface area contributed by atoms with Crippen molar-refractivity contribution in [3.63, 3.8) is 0 Å². The second-order valence-corrected chi connectivity index (χ2v) is 7.23. The number of benzene rings is 1. The molecule has 0 aromatic heterocycles. The number of aliphatic hydroxyl groups is 1. The lowest BCUT2D eigenvalue weighted by Crippen LogP contribution is -2.31. The van der Waals surface area contributed by atoms with E-state index in [0.29, 0.717) is 0 Å². The first-order valence-corrected chi connectivity index (χ1v) is 9.39. The van der Waals surface area contributed by atoms with E-state index in [-0.39, 0.29) is 11.5 Å². The minimum atomic E-state index is -0.816. The Morgan fingerprint density at radius 3 is 2.05 bits per heavy atom. The maximum atomic E-state index is 12.3. The van der Waals surface area contributed by atoms with Crippen LogP contribution in [0.25, 0.3) is 0 Å². The minimum Gasteiger partial charge on any atom is -0.389 e. The van der Waals surface area contributed by atoms with E-state index in [9.17, 15) is 9.90 Å². The van der Waals surface area contributed by atoms with Crippen molar-refractivity contribution in [1.29, 1.82) is 0 Å². The highest BCUT2D eigenvalue weighted by Gasteiger charge is 2.29. The quantitative estimate of drug-likeness (QED) is 0.426. The fourth-order valence-electron chi connectivity index (χ4n) is 2.63. The lowest BCUT2D eigenvalue weighted by molar-refractivity contribution is -0.116. The van der Waals surface area contributed by atoms with Gasteiger partial charge in [-0.2, -0.15) is 0 Å². The zero-order chi connectivity index (χ0) is 16.3. The van der Waals surface area contributed by atoms with Crippen LogP contribution in [0.1, 0.15) is 71.6 Å². The summed E-state index contributed by atoms with van der Waals surface area (Å²) in [4.78, 5) is 13.3. The highest BCUT2D eigenvalue weighted by atomic mass is 32.2. The molecule has 0 atom stereocenters. The highest BCUT2D eigenvalue weighted by Crippen LogP contribution is 2.30. The number of carbonyl (C=O) groups is 1. The van der Waals surface area contributed by atoms with E-state index in [2.05, 4.69) is 13.8 Å². The molecule has 0 aliphatic heterocycles. The lowest BCUT2D eigenvalue weighted by atomic mass is 9.87. The summed E-state index contributed by atoms with van der Waals surface area (Å²) in [5.74, 6) is 0. The standard InChI is InChI=1S/C19H30O2S/c1-3-5-10-14-19(21,15-11-6-4-2)16-18(20)22-17-12-8-7-9-13-17/h7-9,12-13,21H,3-6,10-11,14-16H2,1-2H3. The molecule has 1 aromatic rings. The molecule has 1 aromatic carbocycles. The van der Waals surface area contributed by atoms with Crippen LogP contribution in [0.3, 0.4) is 0 Å². The molecule has 0 heterocycles. The van der Waals surface area contributed by atoms with Crippen molar-refractivity contribution in [2.75, 3.05) is 0 Å². The van der Waals surface area contributed by atoms with Crippen LogP contribution >= 0.6 is 11.8 Å². The van der Waals surface area contributed by atoms with Crippen LogP contribution in [-0.4, -0.2) is 15.8 Å². The number of unbranched alkanes of at least 4 members (excludes halogenated alkanes) is 4. The molecular weight excluding hydrogens is 292 g/mol. The first kappa shape index (κ1) is 19.2. The van der Waals surface area contributed by atoms with Gasteiger partial charge < -0.3 is 5.11 Å². The molecule has 2 nitrogen and oxygen atoms in total. The van der Waals surface area contributed by atoms with Gasteiger partial charge in [0.25, 0.3) is 0 Å². The van der Waals surface area contributed by atoms with Gasteiger partial charge in [0.2, 0.25) is 0 Å². The van der Waals surface area contributed by atoms with Crippen molar-refractivity contribution in [3.05, 3.63) is 30.3 Å². The summed E-state index contributed by atoms with van der Waals surface area (Å²) in [6.07, 6.45) is 8.27. The van der Waals surface area contributed by atoms with Crippen LogP contribution in [0, 0.1) is 0 Å². The maximum absolute atomic E-state index is 12.3. The molecular formula is C19H30O2S. The third-order valence-electron chi connectivity index (χ3n) is 3.94. The van der Waals surface area contributed by atoms with E-state index in [4.69, 9.17) is 0 Å². The Bertz CT molecular complexity index is 407. The molecule has 0 bridgehead atoms. The van der Waals surface area contributed by atoms with Crippen LogP contribution < -0.4 is 0 Å². The molecule has 1 rings (SSSR count). The van der Waals surface area contributed by atoms with Crippen LogP contribution in [0.15, 0.2) is 35.2 Å². The third-order valence-corrected chi connectivity index (χ3v) is 4.82. The van der Waals surface area contributed by atoms with Crippen molar-refractivity contribution in [3.8, 4) is 0 Å². The Labute approximate surface area is 139 Å². The first-order valence-electron chi connectivity index (χ1n) is 8.58. The van der Waals surface area contributed by atoms with E-state index in [1.165, 1.54) is 11.8 Å². The van der Waals surface area contributed by atoms with Crippen molar-refractivity contribution in [1.82, 2.24) is 0 Å². The van der Waals surface area contributed by atoms with E-state index in [1.54, 1.807) is 0 Å². The van der Waals surface area contributed by atoms with Gasteiger partial charge in [0.05, 0.1) is 5.60 Å². The van der Waals surface area contributed by atoms with Gasteiger partial charge in [-0.1, -0.05) is 82.3 Å². The normalized spacial score (nSPS) is 11.6.